The van der Waals surface area contributed by atoms with Crippen molar-refractivity contribution in [3.63, 3.8) is 0 Å². The first-order valence-corrected chi connectivity index (χ1v) is 9.94. The van der Waals surface area contributed by atoms with Crippen LogP contribution in [0, 0.1) is 10.8 Å². The summed E-state index contributed by atoms with van der Waals surface area (Å²) < 4.78 is 6.05. The molecule has 0 bridgehead atoms. The summed E-state index contributed by atoms with van der Waals surface area (Å²) in [4.78, 5) is 0. The summed E-state index contributed by atoms with van der Waals surface area (Å²) in [5.74, 6) is 0. The van der Waals surface area contributed by atoms with Gasteiger partial charge >= 0.3 is 0 Å². The summed E-state index contributed by atoms with van der Waals surface area (Å²) in [6.45, 7) is 23.9. The van der Waals surface area contributed by atoms with Crippen LogP contribution in [-0.4, -0.2) is 13.2 Å². The van der Waals surface area contributed by atoms with Crippen molar-refractivity contribution in [1.29, 1.82) is 0 Å². The van der Waals surface area contributed by atoms with Crippen molar-refractivity contribution in [3.8, 4) is 0 Å². The Morgan fingerprint density at radius 1 is 0.636 bits per heavy atom. The molecule has 1 heteroatoms. The molecule has 2 unspecified atom stereocenters. The molecule has 0 spiro atoms. The first-order valence-electron chi connectivity index (χ1n) is 9.94. The minimum Gasteiger partial charge on any atom is -0.380 e. The van der Waals surface area contributed by atoms with Gasteiger partial charge in [0.1, 0.15) is 0 Å². The van der Waals surface area contributed by atoms with Crippen LogP contribution in [-0.2, 0) is 4.74 Å². The van der Waals surface area contributed by atoms with Gasteiger partial charge in [0.05, 0.1) is 13.2 Å². The van der Waals surface area contributed by atoms with E-state index in [-0.39, 0.29) is 0 Å². The van der Waals surface area contributed by atoms with Crippen molar-refractivity contribution in [2.24, 2.45) is 10.8 Å². The molecular weight excluding hydrogens is 268 g/mol. The van der Waals surface area contributed by atoms with Crippen LogP contribution in [0.5, 0.6) is 0 Å². The lowest BCUT2D eigenvalue weighted by atomic mass is 9.82. The molecule has 0 aromatic heterocycles. The number of ether oxygens (including phenoxy) is 1. The van der Waals surface area contributed by atoms with Crippen molar-refractivity contribution in [3.05, 3.63) is 0 Å². The molecule has 0 aliphatic carbocycles. The van der Waals surface area contributed by atoms with Crippen LogP contribution in [0.25, 0.3) is 0 Å². The van der Waals surface area contributed by atoms with E-state index in [0.717, 1.165) is 13.2 Å². The van der Waals surface area contributed by atoms with E-state index in [4.69, 9.17) is 4.74 Å². The molecular formula is C21H48O. The first kappa shape index (κ1) is 26.8. The van der Waals surface area contributed by atoms with Gasteiger partial charge in [0.2, 0.25) is 0 Å². The Morgan fingerprint density at radius 2 is 0.909 bits per heavy atom. The molecule has 22 heavy (non-hydrogen) atoms. The smallest absolute Gasteiger partial charge is 0.0519 e. The van der Waals surface area contributed by atoms with Gasteiger partial charge in [-0.15, -0.1) is 0 Å². The van der Waals surface area contributed by atoms with Crippen LogP contribution in [0.1, 0.15) is 114 Å². The van der Waals surface area contributed by atoms with E-state index in [1.54, 1.807) is 0 Å². The van der Waals surface area contributed by atoms with Gasteiger partial charge in [0.25, 0.3) is 0 Å². The fraction of sp³-hybridized carbons (Fsp3) is 1.00. The summed E-state index contributed by atoms with van der Waals surface area (Å²) in [5, 5.41) is 0. The van der Waals surface area contributed by atoms with E-state index in [2.05, 4.69) is 55.4 Å². The Labute approximate surface area is 143 Å². The van der Waals surface area contributed by atoms with Crippen molar-refractivity contribution < 1.29 is 4.74 Å². The van der Waals surface area contributed by atoms with Gasteiger partial charge < -0.3 is 4.74 Å². The van der Waals surface area contributed by atoms with E-state index >= 15 is 0 Å². The molecule has 0 amide bonds. The lowest BCUT2D eigenvalue weighted by Gasteiger charge is -2.32. The molecule has 1 nitrogen and oxygen atoms in total. The number of hydrogen-bond acceptors (Lipinski definition) is 1. The monoisotopic (exact) mass is 316 g/mol. The Balaban J connectivity index is -0.000000637. The van der Waals surface area contributed by atoms with E-state index in [1.807, 2.05) is 13.8 Å². The Bertz CT molecular complexity index is 182. The summed E-state index contributed by atoms with van der Waals surface area (Å²) in [6, 6.07) is 0. The zero-order valence-corrected chi connectivity index (χ0v) is 17.8. The van der Waals surface area contributed by atoms with Gasteiger partial charge in [-0.3, -0.25) is 0 Å². The largest absolute Gasteiger partial charge is 0.380 e. The van der Waals surface area contributed by atoms with Crippen LogP contribution in [0.3, 0.4) is 0 Å². The predicted octanol–water partition coefficient (Wildman–Crippen LogP) is 7.88. The van der Waals surface area contributed by atoms with Gasteiger partial charge in [0, 0.05) is 0 Å². The number of hydrogen-bond donors (Lipinski definition) is 0. The van der Waals surface area contributed by atoms with Crippen molar-refractivity contribution in [1.82, 2.24) is 0 Å². The maximum atomic E-state index is 6.05. The van der Waals surface area contributed by atoms with Gasteiger partial charge in [-0.2, -0.15) is 0 Å². The van der Waals surface area contributed by atoms with E-state index in [0.29, 0.717) is 10.8 Å². The predicted molar refractivity (Wildman–Crippen MR) is 105 cm³/mol. The summed E-state index contributed by atoms with van der Waals surface area (Å²) in [6.07, 6.45) is 8.76. The minimum absolute atomic E-state index is 0.385. The summed E-state index contributed by atoms with van der Waals surface area (Å²) in [7, 11) is 0. The molecule has 0 saturated heterocycles. The van der Waals surface area contributed by atoms with Crippen LogP contribution in [0.2, 0.25) is 0 Å². The molecule has 138 valence electrons. The van der Waals surface area contributed by atoms with Crippen LogP contribution in [0.15, 0.2) is 0 Å². The normalized spacial score (nSPS) is 15.5. The quantitative estimate of drug-likeness (QED) is 0.398. The maximum absolute atomic E-state index is 6.05. The molecule has 0 radical (unpaired) electrons. The molecule has 0 rings (SSSR count). The molecule has 0 aromatic carbocycles. The zero-order valence-electron chi connectivity index (χ0n) is 17.8. The molecule has 0 aliphatic heterocycles. The summed E-state index contributed by atoms with van der Waals surface area (Å²) >= 11 is 0. The Morgan fingerprint density at radius 3 is 1.09 bits per heavy atom. The molecule has 0 fully saturated rings. The Hall–Kier alpha value is -0.0400. The maximum Gasteiger partial charge on any atom is 0.0519 e. The molecule has 0 aliphatic rings. The highest BCUT2D eigenvalue weighted by Crippen LogP contribution is 2.31. The first-order chi connectivity index (χ1) is 10.4. The second-order valence-electron chi connectivity index (χ2n) is 7.03. The third kappa shape index (κ3) is 14.9. The molecule has 0 saturated carbocycles. The zero-order chi connectivity index (χ0) is 18.1. The van der Waals surface area contributed by atoms with Crippen LogP contribution in [0.4, 0.5) is 0 Å². The molecule has 0 N–H and O–H groups in total. The molecule has 0 heterocycles. The van der Waals surface area contributed by atoms with Crippen LogP contribution >= 0.6 is 0 Å². The van der Waals surface area contributed by atoms with Gasteiger partial charge in [-0.1, -0.05) is 88.5 Å². The topological polar surface area (TPSA) is 9.23 Å². The number of rotatable bonds is 10. The fourth-order valence-corrected chi connectivity index (χ4v) is 2.45. The van der Waals surface area contributed by atoms with Gasteiger partial charge in [-0.25, -0.2) is 0 Å². The highest BCUT2D eigenvalue weighted by molar-refractivity contribution is 4.75. The van der Waals surface area contributed by atoms with Crippen molar-refractivity contribution >= 4 is 0 Å². The fourth-order valence-electron chi connectivity index (χ4n) is 2.45. The SMILES string of the molecule is CC.CCC.CCCC(C)(CC)COCC(C)(CC)CCC. The van der Waals surface area contributed by atoms with Crippen molar-refractivity contribution in [2.75, 3.05) is 13.2 Å². The van der Waals surface area contributed by atoms with E-state index < -0.39 is 0 Å². The second kappa shape index (κ2) is 17.3. The van der Waals surface area contributed by atoms with Gasteiger partial charge in [-0.05, 0) is 36.5 Å². The lowest BCUT2D eigenvalue weighted by Crippen LogP contribution is -2.28. The highest BCUT2D eigenvalue weighted by Gasteiger charge is 2.25. The highest BCUT2D eigenvalue weighted by atomic mass is 16.5. The average molecular weight is 317 g/mol. The Kier molecular flexibility index (Phi) is 21.1. The van der Waals surface area contributed by atoms with Crippen LogP contribution < -0.4 is 0 Å². The third-order valence-corrected chi connectivity index (χ3v) is 4.32. The van der Waals surface area contributed by atoms with Gasteiger partial charge in [0.15, 0.2) is 0 Å². The standard InChI is InChI=1S/C16H34O.C3H8.C2H6/c1-7-11-15(5,9-3)13-17-14-16(6,10-4)12-8-2;1-3-2;1-2/h7-14H2,1-6H3;3H2,1-2H3;1-2H3. The molecule has 2 atom stereocenters. The van der Waals surface area contributed by atoms with Crippen molar-refractivity contribution in [2.45, 2.75) is 114 Å². The molecule has 0 aromatic rings. The lowest BCUT2D eigenvalue weighted by molar-refractivity contribution is -0.00602. The third-order valence-electron chi connectivity index (χ3n) is 4.32. The average Bonchev–Trinajstić information content (AvgIpc) is 2.50. The second-order valence-corrected chi connectivity index (χ2v) is 7.03. The minimum atomic E-state index is 0.385. The summed E-state index contributed by atoms with van der Waals surface area (Å²) in [5.41, 5.74) is 0.769. The van der Waals surface area contributed by atoms with E-state index in [1.165, 1.54) is 44.9 Å². The van der Waals surface area contributed by atoms with E-state index in [9.17, 15) is 0 Å².